The van der Waals surface area contributed by atoms with Gasteiger partial charge < -0.3 is 10.0 Å². The van der Waals surface area contributed by atoms with Crippen molar-refractivity contribution in [2.75, 3.05) is 26.2 Å². The zero-order chi connectivity index (χ0) is 19.2. The molecule has 0 radical (unpaired) electrons. The van der Waals surface area contributed by atoms with Crippen LogP contribution in [0.15, 0.2) is 18.2 Å². The molecule has 3 aliphatic rings. The Morgan fingerprint density at radius 1 is 1.15 bits per heavy atom. The summed E-state index contributed by atoms with van der Waals surface area (Å²) in [6.07, 6.45) is 3.93. The first kappa shape index (κ1) is 18.3. The molecule has 1 saturated carbocycles. The maximum absolute atomic E-state index is 14.0. The highest BCUT2D eigenvalue weighted by atomic mass is 19.1. The molecule has 0 spiro atoms. The molecule has 4 rings (SSSR count). The Balaban J connectivity index is 1.47. The second-order valence-corrected chi connectivity index (χ2v) is 8.26. The lowest BCUT2D eigenvalue weighted by Crippen LogP contribution is -2.43. The second-order valence-electron chi connectivity index (χ2n) is 8.26. The average Bonchev–Trinajstić information content (AvgIpc) is 3.31. The van der Waals surface area contributed by atoms with Crippen molar-refractivity contribution in [3.05, 3.63) is 35.4 Å². The van der Waals surface area contributed by atoms with Gasteiger partial charge in [-0.1, -0.05) is 18.9 Å². The molecule has 146 valence electrons. The molecule has 1 aromatic rings. The van der Waals surface area contributed by atoms with Crippen LogP contribution >= 0.6 is 0 Å². The monoisotopic (exact) mass is 378 g/mol. The van der Waals surface area contributed by atoms with Crippen LogP contribution in [0, 0.1) is 28.9 Å². The Morgan fingerprint density at radius 2 is 1.89 bits per heavy atom. The molecule has 3 fully saturated rings. The summed E-state index contributed by atoms with van der Waals surface area (Å²) in [4.78, 5) is 28.5. The summed E-state index contributed by atoms with van der Waals surface area (Å²) in [6, 6.07) is 3.47. The van der Waals surface area contributed by atoms with Crippen molar-refractivity contribution in [2.24, 2.45) is 17.3 Å². The summed E-state index contributed by atoms with van der Waals surface area (Å²) < 4.78 is 27.0. The standard InChI is InChI=1S/C20H24F2N2O3/c21-16-6-5-14(17(22)7-16)8-23-9-15-10-24(12-20(15,11-23)19(26)27)18(25)13-3-1-2-4-13/h5-7,13,15H,1-4,8-12H2,(H,26,27)/t15-,20-/m1/s1. The minimum absolute atomic E-state index is 0.0408. The van der Waals surface area contributed by atoms with Crippen LogP contribution in [0.5, 0.6) is 0 Å². The normalized spacial score (nSPS) is 28.7. The van der Waals surface area contributed by atoms with Crippen LogP contribution in [0.3, 0.4) is 0 Å². The molecule has 1 aliphatic carbocycles. The van der Waals surface area contributed by atoms with Gasteiger partial charge in [0.1, 0.15) is 17.0 Å². The topological polar surface area (TPSA) is 60.9 Å². The van der Waals surface area contributed by atoms with E-state index in [0.29, 0.717) is 18.7 Å². The molecule has 1 N–H and O–H groups in total. The number of hydrogen-bond acceptors (Lipinski definition) is 3. The summed E-state index contributed by atoms with van der Waals surface area (Å²) in [6.45, 7) is 1.69. The Hall–Kier alpha value is -2.02. The van der Waals surface area contributed by atoms with E-state index >= 15 is 0 Å². The molecule has 7 heteroatoms. The SMILES string of the molecule is O=C(C1CCCC1)N1C[C@H]2CN(Cc3ccc(F)cc3F)C[C@@]2(C(=O)O)C1. The molecule has 2 saturated heterocycles. The predicted octanol–water partition coefficient (Wildman–Crippen LogP) is 2.50. The fourth-order valence-corrected chi connectivity index (χ4v) is 5.08. The third kappa shape index (κ3) is 3.22. The summed E-state index contributed by atoms with van der Waals surface area (Å²) in [5.41, 5.74) is -0.638. The first-order valence-corrected chi connectivity index (χ1v) is 9.57. The number of carbonyl (C=O) groups is 2. The lowest BCUT2D eigenvalue weighted by Gasteiger charge is -2.27. The number of hydrogen-bond donors (Lipinski definition) is 1. The number of halogens is 2. The van der Waals surface area contributed by atoms with Gasteiger partial charge in [-0.25, -0.2) is 8.78 Å². The van der Waals surface area contributed by atoms with Crippen LogP contribution in [0.25, 0.3) is 0 Å². The third-order valence-electron chi connectivity index (χ3n) is 6.53. The number of likely N-dealkylation sites (tertiary alicyclic amines) is 2. The van der Waals surface area contributed by atoms with Gasteiger partial charge in [0, 0.05) is 56.2 Å². The van der Waals surface area contributed by atoms with Crippen molar-refractivity contribution in [1.29, 1.82) is 0 Å². The highest BCUT2D eigenvalue weighted by Gasteiger charge is 2.58. The molecule has 1 amide bonds. The van der Waals surface area contributed by atoms with Crippen molar-refractivity contribution in [3.63, 3.8) is 0 Å². The molecule has 0 aromatic heterocycles. The maximum atomic E-state index is 14.0. The van der Waals surface area contributed by atoms with Crippen LogP contribution in [0.1, 0.15) is 31.2 Å². The molecule has 2 heterocycles. The highest BCUT2D eigenvalue weighted by Crippen LogP contribution is 2.44. The first-order valence-electron chi connectivity index (χ1n) is 9.57. The number of aliphatic carboxylic acids is 1. The Bertz CT molecular complexity index is 766. The molecule has 1 aromatic carbocycles. The number of carboxylic acid groups (broad SMARTS) is 1. The lowest BCUT2D eigenvalue weighted by atomic mass is 9.81. The van der Waals surface area contributed by atoms with Crippen LogP contribution in [0.2, 0.25) is 0 Å². The maximum Gasteiger partial charge on any atom is 0.313 e. The van der Waals surface area contributed by atoms with Crippen molar-refractivity contribution >= 4 is 11.9 Å². The highest BCUT2D eigenvalue weighted by molar-refractivity contribution is 5.83. The van der Waals surface area contributed by atoms with E-state index in [1.54, 1.807) is 4.90 Å². The van der Waals surface area contributed by atoms with E-state index in [2.05, 4.69) is 0 Å². The van der Waals surface area contributed by atoms with Crippen LogP contribution < -0.4 is 0 Å². The number of carboxylic acids is 1. The number of carbonyl (C=O) groups excluding carboxylic acids is 1. The molecular formula is C20H24F2N2O3. The lowest BCUT2D eigenvalue weighted by molar-refractivity contribution is -0.149. The van der Waals surface area contributed by atoms with Gasteiger partial charge >= 0.3 is 5.97 Å². The molecule has 2 aliphatic heterocycles. The summed E-state index contributed by atoms with van der Waals surface area (Å²) in [5, 5.41) is 9.93. The Labute approximate surface area is 156 Å². The van der Waals surface area contributed by atoms with Gasteiger partial charge in [0.25, 0.3) is 0 Å². The van der Waals surface area contributed by atoms with Gasteiger partial charge in [-0.05, 0) is 18.9 Å². The van der Waals surface area contributed by atoms with Gasteiger partial charge in [-0.2, -0.15) is 0 Å². The number of benzene rings is 1. The van der Waals surface area contributed by atoms with E-state index in [9.17, 15) is 23.5 Å². The molecule has 27 heavy (non-hydrogen) atoms. The zero-order valence-corrected chi connectivity index (χ0v) is 15.2. The van der Waals surface area contributed by atoms with Crippen LogP contribution in [0.4, 0.5) is 8.78 Å². The smallest absolute Gasteiger partial charge is 0.313 e. The molecular weight excluding hydrogens is 354 g/mol. The molecule has 0 bridgehead atoms. The minimum atomic E-state index is -0.995. The van der Waals surface area contributed by atoms with E-state index < -0.39 is 23.0 Å². The molecule has 5 nitrogen and oxygen atoms in total. The molecule has 2 atom stereocenters. The quantitative estimate of drug-likeness (QED) is 0.875. The second kappa shape index (κ2) is 6.86. The van der Waals surface area contributed by atoms with Gasteiger partial charge in [0.05, 0.1) is 0 Å². The van der Waals surface area contributed by atoms with Gasteiger partial charge in [0.2, 0.25) is 5.91 Å². The summed E-state index contributed by atoms with van der Waals surface area (Å²) in [5.74, 6) is -2.16. The van der Waals surface area contributed by atoms with Crippen molar-refractivity contribution < 1.29 is 23.5 Å². The molecule has 0 unspecified atom stereocenters. The van der Waals surface area contributed by atoms with Crippen molar-refractivity contribution in [2.45, 2.75) is 32.2 Å². The third-order valence-corrected chi connectivity index (χ3v) is 6.53. The van der Waals surface area contributed by atoms with E-state index in [0.717, 1.165) is 31.7 Å². The Kier molecular flexibility index (Phi) is 4.66. The fourth-order valence-electron chi connectivity index (χ4n) is 5.08. The number of nitrogens with zero attached hydrogens (tertiary/aromatic N) is 2. The fraction of sp³-hybridized carbons (Fsp3) is 0.600. The first-order chi connectivity index (χ1) is 12.9. The van der Waals surface area contributed by atoms with Gasteiger partial charge in [-0.3, -0.25) is 14.5 Å². The van der Waals surface area contributed by atoms with Crippen molar-refractivity contribution in [1.82, 2.24) is 9.80 Å². The Morgan fingerprint density at radius 3 is 2.52 bits per heavy atom. The van der Waals surface area contributed by atoms with E-state index in [-0.39, 0.29) is 37.4 Å². The number of amides is 1. The van der Waals surface area contributed by atoms with Gasteiger partial charge in [0.15, 0.2) is 0 Å². The van der Waals surface area contributed by atoms with Crippen LogP contribution in [-0.4, -0.2) is 53.0 Å². The summed E-state index contributed by atoms with van der Waals surface area (Å²) in [7, 11) is 0. The largest absolute Gasteiger partial charge is 0.481 e. The number of rotatable bonds is 4. The zero-order valence-electron chi connectivity index (χ0n) is 15.2. The van der Waals surface area contributed by atoms with E-state index in [1.807, 2.05) is 4.90 Å². The minimum Gasteiger partial charge on any atom is -0.481 e. The predicted molar refractivity (Wildman–Crippen MR) is 93.7 cm³/mol. The van der Waals surface area contributed by atoms with Crippen molar-refractivity contribution in [3.8, 4) is 0 Å². The number of fused-ring (bicyclic) bond motifs is 1. The van der Waals surface area contributed by atoms with E-state index in [4.69, 9.17) is 0 Å². The van der Waals surface area contributed by atoms with Gasteiger partial charge in [-0.15, -0.1) is 0 Å². The van der Waals surface area contributed by atoms with E-state index in [1.165, 1.54) is 12.1 Å². The average molecular weight is 378 g/mol. The summed E-state index contributed by atoms with van der Waals surface area (Å²) >= 11 is 0. The van der Waals surface area contributed by atoms with Crippen LogP contribution in [-0.2, 0) is 16.1 Å².